The fourth-order valence-electron chi connectivity index (χ4n) is 1.98. The fourth-order valence-corrected chi connectivity index (χ4v) is 1.98. The van der Waals surface area contributed by atoms with Gasteiger partial charge >= 0.3 is 0 Å². The molecule has 5 heteroatoms. The van der Waals surface area contributed by atoms with E-state index >= 15 is 0 Å². The average molecular weight is 305 g/mol. The third-order valence-electron chi connectivity index (χ3n) is 3.16. The van der Waals surface area contributed by atoms with Crippen LogP contribution < -0.4 is 5.56 Å². The molecule has 0 aromatic carbocycles. The first kappa shape index (κ1) is 18.0. The molecule has 22 heavy (non-hydrogen) atoms. The zero-order valence-electron chi connectivity index (χ0n) is 13.6. The van der Waals surface area contributed by atoms with Gasteiger partial charge in [-0.1, -0.05) is 37.8 Å². The minimum Gasteiger partial charge on any atom is -0.265 e. The van der Waals surface area contributed by atoms with Crippen LogP contribution in [0.4, 0.5) is 4.39 Å². The quantitative estimate of drug-likeness (QED) is 0.688. The summed E-state index contributed by atoms with van der Waals surface area (Å²) in [7, 11) is 0. The molecule has 1 aromatic rings. The molecule has 0 aliphatic carbocycles. The molecule has 0 aliphatic rings. The van der Waals surface area contributed by atoms with Crippen molar-refractivity contribution in [3.8, 4) is 0 Å². The lowest BCUT2D eigenvalue weighted by atomic mass is 10.1. The highest BCUT2D eigenvalue weighted by molar-refractivity contribution is 5.16. The summed E-state index contributed by atoms with van der Waals surface area (Å²) in [4.78, 5) is 16.0. The molecule has 0 unspecified atom stereocenters. The number of aromatic nitrogens is 3. The van der Waals surface area contributed by atoms with Gasteiger partial charge in [0.2, 0.25) is 0 Å². The molecule has 0 saturated carbocycles. The maximum Gasteiger partial charge on any atom is 0.294 e. The first-order chi connectivity index (χ1) is 10.3. The Morgan fingerprint density at radius 2 is 2.09 bits per heavy atom. The second-order valence-electron chi connectivity index (χ2n) is 5.45. The van der Waals surface area contributed by atoms with Crippen LogP contribution in [0.3, 0.4) is 0 Å². The van der Waals surface area contributed by atoms with Gasteiger partial charge in [-0.2, -0.15) is 10.1 Å². The number of halogens is 1. The number of nitrogens with zero attached hydrogens (tertiary/aromatic N) is 3. The molecule has 0 fully saturated rings. The number of aryl methyl sites for hydroxylation is 2. The predicted octanol–water partition coefficient (Wildman–Crippen LogP) is 3.70. The van der Waals surface area contributed by atoms with Crippen LogP contribution in [-0.4, -0.2) is 14.8 Å². The largest absolute Gasteiger partial charge is 0.294 e. The summed E-state index contributed by atoms with van der Waals surface area (Å²) in [5.41, 5.74) is 1.08. The molecular weight excluding hydrogens is 281 g/mol. The van der Waals surface area contributed by atoms with E-state index in [4.69, 9.17) is 0 Å². The van der Waals surface area contributed by atoms with E-state index < -0.39 is 0 Å². The van der Waals surface area contributed by atoms with Crippen LogP contribution >= 0.6 is 0 Å². The van der Waals surface area contributed by atoms with E-state index in [-0.39, 0.29) is 23.8 Å². The number of hydrogen-bond acceptors (Lipinski definition) is 3. The summed E-state index contributed by atoms with van der Waals surface area (Å²) in [5.74, 6) is 0.278. The Balaban J connectivity index is 2.83. The Bertz CT molecular complexity index is 629. The molecule has 0 radical (unpaired) electrons. The van der Waals surface area contributed by atoms with Crippen molar-refractivity contribution in [3.63, 3.8) is 0 Å². The summed E-state index contributed by atoms with van der Waals surface area (Å²) in [5, 5.41) is 4.39. The van der Waals surface area contributed by atoms with Gasteiger partial charge in [-0.15, -0.1) is 0 Å². The van der Waals surface area contributed by atoms with Crippen LogP contribution in [0.5, 0.6) is 0 Å². The van der Waals surface area contributed by atoms with Gasteiger partial charge in [0, 0.05) is 18.9 Å². The number of hydrogen-bond donors (Lipinski definition) is 0. The van der Waals surface area contributed by atoms with Crippen molar-refractivity contribution in [2.75, 3.05) is 0 Å². The molecule has 1 aromatic heterocycles. The molecule has 0 spiro atoms. The van der Waals surface area contributed by atoms with Gasteiger partial charge in [-0.05, 0) is 26.7 Å². The normalized spacial score (nSPS) is 11.3. The molecule has 1 heterocycles. The van der Waals surface area contributed by atoms with Crippen molar-refractivity contribution in [1.29, 1.82) is 0 Å². The summed E-state index contributed by atoms with van der Waals surface area (Å²) >= 11 is 0. The maximum atomic E-state index is 12.5. The van der Waals surface area contributed by atoms with Crippen LogP contribution in [0.1, 0.15) is 51.2 Å². The van der Waals surface area contributed by atoms with E-state index in [0.29, 0.717) is 30.8 Å². The third kappa shape index (κ3) is 5.39. The fraction of sp³-hybridized carbons (Fsp3) is 0.471. The molecule has 0 amide bonds. The highest BCUT2D eigenvalue weighted by Crippen LogP contribution is 2.11. The molecule has 0 atom stereocenters. The van der Waals surface area contributed by atoms with Crippen molar-refractivity contribution in [2.24, 2.45) is 0 Å². The van der Waals surface area contributed by atoms with Gasteiger partial charge in [0.15, 0.2) is 0 Å². The van der Waals surface area contributed by atoms with E-state index in [9.17, 15) is 9.18 Å². The molecule has 120 valence electrons. The molecule has 0 saturated heterocycles. The number of rotatable bonds is 8. The van der Waals surface area contributed by atoms with E-state index in [1.165, 1.54) is 0 Å². The lowest BCUT2D eigenvalue weighted by Gasteiger charge is -2.15. The Hall–Kier alpha value is -2.04. The maximum absolute atomic E-state index is 12.5. The molecule has 0 aliphatic heterocycles. The Labute approximate surface area is 131 Å². The first-order valence-corrected chi connectivity index (χ1v) is 7.51. The molecule has 4 nitrogen and oxygen atoms in total. The molecule has 0 bridgehead atoms. The zero-order valence-corrected chi connectivity index (χ0v) is 13.6. The Morgan fingerprint density at radius 3 is 2.64 bits per heavy atom. The van der Waals surface area contributed by atoms with Crippen LogP contribution in [0.25, 0.3) is 0 Å². The van der Waals surface area contributed by atoms with Crippen molar-refractivity contribution in [2.45, 2.75) is 52.5 Å². The second kappa shape index (κ2) is 8.41. The average Bonchev–Trinajstić information content (AvgIpc) is 2.44. The van der Waals surface area contributed by atoms with Gasteiger partial charge in [0.05, 0.1) is 5.83 Å². The summed E-state index contributed by atoms with van der Waals surface area (Å²) < 4.78 is 14.3. The Kier molecular flexibility index (Phi) is 6.89. The van der Waals surface area contributed by atoms with Gasteiger partial charge in [-0.3, -0.25) is 4.79 Å². The van der Waals surface area contributed by atoms with Crippen molar-refractivity contribution in [1.82, 2.24) is 14.8 Å². The summed E-state index contributed by atoms with van der Waals surface area (Å²) in [6, 6.07) is 0.132. The van der Waals surface area contributed by atoms with Crippen molar-refractivity contribution in [3.05, 3.63) is 58.6 Å². The van der Waals surface area contributed by atoms with E-state index in [1.54, 1.807) is 16.8 Å². The van der Waals surface area contributed by atoms with Crippen LogP contribution in [0.2, 0.25) is 0 Å². The number of allylic oxidation sites excluding steroid dienone is 4. The van der Waals surface area contributed by atoms with E-state index in [0.717, 1.165) is 5.57 Å². The third-order valence-corrected chi connectivity index (χ3v) is 3.16. The topological polar surface area (TPSA) is 47.8 Å². The second-order valence-corrected chi connectivity index (χ2v) is 5.45. The lowest BCUT2D eigenvalue weighted by Crippen LogP contribution is -2.26. The first-order valence-electron chi connectivity index (χ1n) is 7.51. The molecular formula is C17H24FN3O. The van der Waals surface area contributed by atoms with E-state index in [1.807, 2.05) is 20.8 Å². The Morgan fingerprint density at radius 1 is 1.41 bits per heavy atom. The van der Waals surface area contributed by atoms with Gasteiger partial charge in [0.25, 0.3) is 5.56 Å². The SMILES string of the molecule is C=C(F)CC=CC(=C)CCc1nc(=O)c(CC)nn1C(C)C. The van der Waals surface area contributed by atoms with Crippen molar-refractivity contribution >= 4 is 0 Å². The van der Waals surface area contributed by atoms with Crippen LogP contribution in [0.15, 0.2) is 41.5 Å². The highest BCUT2D eigenvalue weighted by Gasteiger charge is 2.11. The van der Waals surface area contributed by atoms with Gasteiger partial charge < -0.3 is 0 Å². The smallest absolute Gasteiger partial charge is 0.265 e. The van der Waals surface area contributed by atoms with Gasteiger partial charge in [0.1, 0.15) is 11.5 Å². The monoisotopic (exact) mass is 305 g/mol. The van der Waals surface area contributed by atoms with Crippen LogP contribution in [0, 0.1) is 0 Å². The van der Waals surface area contributed by atoms with Gasteiger partial charge in [-0.25, -0.2) is 9.07 Å². The standard InChI is InChI=1S/C17H24FN3O/c1-6-15-17(22)19-16(21(20-15)12(2)3)11-10-13(4)8-7-9-14(5)18/h7-8,12H,4-6,9-11H2,1-3H3. The van der Waals surface area contributed by atoms with Crippen LogP contribution in [-0.2, 0) is 12.8 Å². The summed E-state index contributed by atoms with van der Waals surface area (Å²) in [6.07, 6.45) is 5.44. The van der Waals surface area contributed by atoms with E-state index in [2.05, 4.69) is 23.2 Å². The summed E-state index contributed by atoms with van der Waals surface area (Å²) in [6.45, 7) is 13.0. The molecule has 0 N–H and O–H groups in total. The van der Waals surface area contributed by atoms with Crippen molar-refractivity contribution < 1.29 is 4.39 Å². The minimum atomic E-state index is -0.376. The lowest BCUT2D eigenvalue weighted by molar-refractivity contribution is 0.466. The highest BCUT2D eigenvalue weighted by atomic mass is 19.1. The molecule has 1 rings (SSSR count). The minimum absolute atomic E-state index is 0.132. The predicted molar refractivity (Wildman–Crippen MR) is 87.5 cm³/mol. The zero-order chi connectivity index (χ0) is 16.7.